The van der Waals surface area contributed by atoms with E-state index in [4.69, 9.17) is 4.74 Å². The Balaban J connectivity index is 2.85. The maximum Gasteiger partial charge on any atom is 0.326 e. The molecule has 0 bridgehead atoms. The van der Waals surface area contributed by atoms with Gasteiger partial charge in [-0.15, -0.1) is 0 Å². The van der Waals surface area contributed by atoms with Gasteiger partial charge in [0, 0.05) is 0 Å². The Morgan fingerprint density at radius 1 is 1.21 bits per heavy atom. The maximum atomic E-state index is 12.7. The van der Waals surface area contributed by atoms with Gasteiger partial charge in [-0.3, -0.25) is 4.79 Å². The number of hydrogen-bond donors (Lipinski definition) is 7. The van der Waals surface area contributed by atoms with Gasteiger partial charge >= 0.3 is 5.97 Å². The first-order valence-electron chi connectivity index (χ1n) is 9.60. The molecule has 1 aliphatic rings. The van der Waals surface area contributed by atoms with Gasteiger partial charge in [0.2, 0.25) is 11.7 Å². The molecule has 7 N–H and O–H groups in total. The second-order valence-electron chi connectivity index (χ2n) is 7.93. The van der Waals surface area contributed by atoms with Crippen molar-refractivity contribution < 1.29 is 39.9 Å². The molecule has 1 rings (SSSR count). The van der Waals surface area contributed by atoms with Crippen LogP contribution in [0.25, 0.3) is 0 Å². The fourth-order valence-electron chi connectivity index (χ4n) is 3.01. The lowest BCUT2D eigenvalue weighted by Crippen LogP contribution is -2.65. The van der Waals surface area contributed by atoms with E-state index in [0.29, 0.717) is 12.8 Å². The first-order valence-corrected chi connectivity index (χ1v) is 9.60. The Bertz CT molecular complexity index is 532. The van der Waals surface area contributed by atoms with Gasteiger partial charge in [0.1, 0.15) is 24.4 Å². The van der Waals surface area contributed by atoms with Crippen molar-refractivity contribution in [2.24, 2.45) is 11.8 Å². The minimum absolute atomic E-state index is 0.0781. The van der Waals surface area contributed by atoms with Crippen molar-refractivity contribution in [1.82, 2.24) is 10.6 Å². The molecular formula is C18H34N2O8. The van der Waals surface area contributed by atoms with Crippen LogP contribution in [0, 0.1) is 11.8 Å². The molecule has 1 saturated heterocycles. The van der Waals surface area contributed by atoms with Crippen LogP contribution in [0.5, 0.6) is 0 Å². The Kier molecular flexibility index (Phi) is 9.25. The summed E-state index contributed by atoms with van der Waals surface area (Å²) in [6.07, 6.45) is -3.80. The summed E-state index contributed by atoms with van der Waals surface area (Å²) in [7, 11) is 0. The number of carboxylic acids is 1. The SMILES string of the molecule is CC[C@@H](C)[C@H](NC(=O)[C@H](CC(C)C)NC[C@@]1(O)OC[C@@H](O)[C@@H](O)[C@@H]1O)C(=O)O. The van der Waals surface area contributed by atoms with Gasteiger partial charge in [-0.2, -0.15) is 0 Å². The van der Waals surface area contributed by atoms with Gasteiger partial charge in [0.15, 0.2) is 0 Å². The van der Waals surface area contributed by atoms with Gasteiger partial charge in [-0.05, 0) is 18.3 Å². The molecule has 1 amide bonds. The number of rotatable bonds is 10. The average molecular weight is 406 g/mol. The average Bonchev–Trinajstić information content (AvgIpc) is 2.63. The van der Waals surface area contributed by atoms with Crippen LogP contribution in [-0.4, -0.2) is 86.7 Å². The Morgan fingerprint density at radius 3 is 2.32 bits per heavy atom. The number of carboxylic acid groups (broad SMARTS) is 1. The molecule has 7 atom stereocenters. The van der Waals surface area contributed by atoms with E-state index < -0.39 is 54.6 Å². The second kappa shape index (κ2) is 10.5. The van der Waals surface area contributed by atoms with Gasteiger partial charge in [-0.25, -0.2) is 4.79 Å². The molecule has 164 valence electrons. The predicted molar refractivity (Wildman–Crippen MR) is 99.2 cm³/mol. The van der Waals surface area contributed by atoms with Crippen molar-refractivity contribution in [2.75, 3.05) is 13.2 Å². The number of aliphatic hydroxyl groups is 4. The highest BCUT2D eigenvalue weighted by molar-refractivity contribution is 5.87. The smallest absolute Gasteiger partial charge is 0.326 e. The van der Waals surface area contributed by atoms with Crippen LogP contribution in [0.1, 0.15) is 40.5 Å². The van der Waals surface area contributed by atoms with Crippen molar-refractivity contribution in [3.63, 3.8) is 0 Å². The standard InChI is InChI=1S/C18H34N2O8/c1-5-10(4)13(17(25)26)20-16(24)11(6-9(2)3)19-8-18(27)15(23)14(22)12(21)7-28-18/h9-15,19,21-23,27H,5-8H2,1-4H3,(H,20,24)(H,25,26)/t10-,11+,12-,13+,14-,15+,18-/m1/s1. The molecule has 1 aliphatic heterocycles. The summed E-state index contributed by atoms with van der Waals surface area (Å²) in [4.78, 5) is 24.1. The highest BCUT2D eigenvalue weighted by Gasteiger charge is 2.48. The molecule has 0 aromatic heterocycles. The third kappa shape index (κ3) is 6.36. The largest absolute Gasteiger partial charge is 0.480 e. The lowest BCUT2D eigenvalue weighted by molar-refractivity contribution is -0.318. The van der Waals surface area contributed by atoms with Crippen LogP contribution in [0.2, 0.25) is 0 Å². The monoisotopic (exact) mass is 406 g/mol. The van der Waals surface area contributed by atoms with Crippen molar-refractivity contribution in [3.05, 3.63) is 0 Å². The fourth-order valence-corrected chi connectivity index (χ4v) is 3.01. The number of carbonyl (C=O) groups excluding carboxylic acids is 1. The zero-order valence-electron chi connectivity index (χ0n) is 16.8. The minimum atomic E-state index is -2.20. The number of aliphatic carboxylic acids is 1. The first-order chi connectivity index (χ1) is 12.9. The number of hydrogen-bond acceptors (Lipinski definition) is 8. The number of aliphatic hydroxyl groups excluding tert-OH is 3. The molecule has 0 spiro atoms. The molecule has 0 aliphatic carbocycles. The number of ether oxygens (including phenoxy) is 1. The number of carbonyl (C=O) groups is 2. The minimum Gasteiger partial charge on any atom is -0.480 e. The zero-order chi connectivity index (χ0) is 21.6. The third-order valence-electron chi connectivity index (χ3n) is 5.09. The van der Waals surface area contributed by atoms with E-state index in [-0.39, 0.29) is 18.4 Å². The van der Waals surface area contributed by atoms with Crippen LogP contribution in [0.4, 0.5) is 0 Å². The van der Waals surface area contributed by atoms with E-state index in [1.807, 2.05) is 20.8 Å². The van der Waals surface area contributed by atoms with E-state index in [0.717, 1.165) is 0 Å². The van der Waals surface area contributed by atoms with E-state index in [1.54, 1.807) is 6.92 Å². The van der Waals surface area contributed by atoms with Gasteiger partial charge in [-0.1, -0.05) is 34.1 Å². The summed E-state index contributed by atoms with van der Waals surface area (Å²) < 4.78 is 5.08. The highest BCUT2D eigenvalue weighted by atomic mass is 16.6. The summed E-state index contributed by atoms with van der Waals surface area (Å²) in [5.41, 5.74) is 0. The molecule has 0 aromatic carbocycles. The van der Waals surface area contributed by atoms with Crippen LogP contribution in [0.3, 0.4) is 0 Å². The molecule has 0 saturated carbocycles. The predicted octanol–water partition coefficient (Wildman–Crippen LogP) is -1.59. The van der Waals surface area contributed by atoms with Gasteiger partial charge in [0.05, 0.1) is 19.2 Å². The number of nitrogens with one attached hydrogen (secondary N) is 2. The van der Waals surface area contributed by atoms with Crippen LogP contribution in [-0.2, 0) is 14.3 Å². The Labute approximate surface area is 164 Å². The third-order valence-corrected chi connectivity index (χ3v) is 5.09. The molecule has 0 unspecified atom stereocenters. The summed E-state index contributed by atoms with van der Waals surface area (Å²) in [6, 6.07) is -1.90. The lowest BCUT2D eigenvalue weighted by atomic mass is 9.95. The summed E-state index contributed by atoms with van der Waals surface area (Å²) >= 11 is 0. The zero-order valence-corrected chi connectivity index (χ0v) is 16.8. The molecule has 0 aromatic rings. The molecule has 1 heterocycles. The molecule has 10 heteroatoms. The highest BCUT2D eigenvalue weighted by Crippen LogP contribution is 2.23. The maximum absolute atomic E-state index is 12.7. The van der Waals surface area contributed by atoms with E-state index in [9.17, 15) is 35.1 Å². The lowest BCUT2D eigenvalue weighted by Gasteiger charge is -2.42. The van der Waals surface area contributed by atoms with Gasteiger partial charge in [0.25, 0.3) is 0 Å². The normalized spacial score (nSPS) is 31.2. The second-order valence-corrected chi connectivity index (χ2v) is 7.93. The molecular weight excluding hydrogens is 372 g/mol. The summed E-state index contributed by atoms with van der Waals surface area (Å²) in [5.74, 6) is -4.07. The fraction of sp³-hybridized carbons (Fsp3) is 0.889. The van der Waals surface area contributed by atoms with Gasteiger partial charge < -0.3 is 40.9 Å². The van der Waals surface area contributed by atoms with E-state index in [1.165, 1.54) is 0 Å². The Morgan fingerprint density at radius 2 is 1.82 bits per heavy atom. The molecule has 10 nitrogen and oxygen atoms in total. The van der Waals surface area contributed by atoms with Crippen molar-refractivity contribution in [1.29, 1.82) is 0 Å². The van der Waals surface area contributed by atoms with Crippen molar-refractivity contribution in [2.45, 2.75) is 76.7 Å². The molecule has 1 fully saturated rings. The molecule has 28 heavy (non-hydrogen) atoms. The topological polar surface area (TPSA) is 169 Å². The van der Waals surface area contributed by atoms with Crippen molar-refractivity contribution in [3.8, 4) is 0 Å². The summed E-state index contributed by atoms with van der Waals surface area (Å²) in [5, 5.41) is 54.4. The summed E-state index contributed by atoms with van der Waals surface area (Å²) in [6.45, 7) is 6.54. The quantitative estimate of drug-likeness (QED) is 0.226. The van der Waals surface area contributed by atoms with E-state index >= 15 is 0 Å². The van der Waals surface area contributed by atoms with Crippen LogP contribution >= 0.6 is 0 Å². The molecule has 0 radical (unpaired) electrons. The van der Waals surface area contributed by atoms with Crippen LogP contribution < -0.4 is 10.6 Å². The van der Waals surface area contributed by atoms with E-state index in [2.05, 4.69) is 10.6 Å². The Hall–Kier alpha value is -1.30. The van der Waals surface area contributed by atoms with Crippen LogP contribution in [0.15, 0.2) is 0 Å². The first kappa shape index (κ1) is 24.7. The van der Waals surface area contributed by atoms with Crippen molar-refractivity contribution >= 4 is 11.9 Å². The number of amides is 1.